The molecule has 0 radical (unpaired) electrons. The van der Waals surface area contributed by atoms with Crippen molar-refractivity contribution in [3.05, 3.63) is 12.2 Å². The van der Waals surface area contributed by atoms with Gasteiger partial charge in [-0.25, -0.2) is 0 Å². The number of esters is 2. The molecular formula is C14H20O5. The molecule has 0 aliphatic heterocycles. The number of hydrogen-bond donors (Lipinski definition) is 0. The molecule has 1 saturated carbocycles. The first kappa shape index (κ1) is 15.4. The van der Waals surface area contributed by atoms with Gasteiger partial charge >= 0.3 is 11.9 Å². The highest BCUT2D eigenvalue weighted by atomic mass is 16.5. The van der Waals surface area contributed by atoms with Crippen LogP contribution in [0.15, 0.2) is 12.2 Å². The van der Waals surface area contributed by atoms with E-state index in [1.807, 2.05) is 0 Å². The van der Waals surface area contributed by atoms with Gasteiger partial charge < -0.3 is 9.47 Å². The molecule has 0 saturated heterocycles. The lowest BCUT2D eigenvalue weighted by Crippen LogP contribution is -2.37. The zero-order valence-corrected chi connectivity index (χ0v) is 11.5. The van der Waals surface area contributed by atoms with Gasteiger partial charge in [0.15, 0.2) is 5.78 Å². The summed E-state index contributed by atoms with van der Waals surface area (Å²) in [6.07, 6.45) is 1.74. The molecule has 0 N–H and O–H groups in total. The Balaban J connectivity index is 2.76. The van der Waals surface area contributed by atoms with Gasteiger partial charge in [-0.2, -0.15) is 0 Å². The van der Waals surface area contributed by atoms with Crippen molar-refractivity contribution in [3.63, 3.8) is 0 Å². The molecule has 5 heteroatoms. The first-order valence-corrected chi connectivity index (χ1v) is 6.43. The predicted molar refractivity (Wildman–Crippen MR) is 68.3 cm³/mol. The number of rotatable bonds is 6. The van der Waals surface area contributed by atoms with Crippen LogP contribution >= 0.6 is 0 Å². The molecule has 0 amide bonds. The first-order valence-electron chi connectivity index (χ1n) is 6.43. The summed E-state index contributed by atoms with van der Waals surface area (Å²) in [5.74, 6) is -1.000. The summed E-state index contributed by atoms with van der Waals surface area (Å²) in [5, 5.41) is 0. The van der Waals surface area contributed by atoms with Crippen LogP contribution in [0.1, 0.15) is 39.5 Å². The Hall–Kier alpha value is -1.65. The molecule has 106 valence electrons. The third kappa shape index (κ3) is 3.66. The molecule has 0 aromatic carbocycles. The minimum absolute atomic E-state index is 0.0315. The van der Waals surface area contributed by atoms with Crippen LogP contribution < -0.4 is 0 Å². The van der Waals surface area contributed by atoms with Crippen LogP contribution in [0.4, 0.5) is 0 Å². The van der Waals surface area contributed by atoms with Crippen molar-refractivity contribution in [3.8, 4) is 0 Å². The summed E-state index contributed by atoms with van der Waals surface area (Å²) in [5.41, 5.74) is -0.564. The van der Waals surface area contributed by atoms with Gasteiger partial charge in [-0.1, -0.05) is 6.58 Å². The summed E-state index contributed by atoms with van der Waals surface area (Å²) in [7, 11) is 0. The zero-order chi connectivity index (χ0) is 14.5. The fourth-order valence-corrected chi connectivity index (χ4v) is 2.36. The Morgan fingerprint density at radius 2 is 2.05 bits per heavy atom. The standard InChI is InChI=1S/C14H20O5/c1-4-18-13(17)14(7-5-6-12(14)16)8-10(2)9-19-11(3)15/h2,4-9H2,1,3H3. The van der Waals surface area contributed by atoms with E-state index in [2.05, 4.69) is 6.58 Å². The quantitative estimate of drug-likeness (QED) is 0.417. The van der Waals surface area contributed by atoms with Gasteiger partial charge in [-0.15, -0.1) is 0 Å². The summed E-state index contributed by atoms with van der Waals surface area (Å²) in [6, 6.07) is 0. The van der Waals surface area contributed by atoms with Crippen molar-refractivity contribution in [2.45, 2.75) is 39.5 Å². The summed E-state index contributed by atoms with van der Waals surface area (Å²) < 4.78 is 9.85. The molecule has 1 aliphatic rings. The van der Waals surface area contributed by atoms with E-state index in [0.717, 1.165) is 0 Å². The molecule has 0 heterocycles. The van der Waals surface area contributed by atoms with Gasteiger partial charge in [0.1, 0.15) is 12.0 Å². The third-order valence-electron chi connectivity index (χ3n) is 3.24. The van der Waals surface area contributed by atoms with Gasteiger partial charge in [0, 0.05) is 13.3 Å². The van der Waals surface area contributed by atoms with Crippen LogP contribution in [0.3, 0.4) is 0 Å². The van der Waals surface area contributed by atoms with Crippen molar-refractivity contribution in [1.29, 1.82) is 0 Å². The molecule has 1 atom stereocenters. The summed E-state index contributed by atoms with van der Waals surface area (Å²) in [6.45, 7) is 7.05. The summed E-state index contributed by atoms with van der Waals surface area (Å²) >= 11 is 0. The molecule has 19 heavy (non-hydrogen) atoms. The SMILES string of the molecule is C=C(COC(C)=O)CC1(C(=O)OCC)CCCC1=O. The van der Waals surface area contributed by atoms with Crippen LogP contribution in [-0.4, -0.2) is 30.9 Å². The number of ether oxygens (including phenoxy) is 2. The van der Waals surface area contributed by atoms with Gasteiger partial charge in [0.2, 0.25) is 0 Å². The number of carbonyl (C=O) groups excluding carboxylic acids is 3. The molecule has 0 spiro atoms. The van der Waals surface area contributed by atoms with Crippen LogP contribution in [0.5, 0.6) is 0 Å². The second kappa shape index (κ2) is 6.50. The predicted octanol–water partition coefficient (Wildman–Crippen LogP) is 1.80. The van der Waals surface area contributed by atoms with Crippen LogP contribution in [0.25, 0.3) is 0 Å². The highest BCUT2D eigenvalue weighted by Gasteiger charge is 2.49. The Morgan fingerprint density at radius 1 is 1.37 bits per heavy atom. The second-order valence-corrected chi connectivity index (χ2v) is 4.79. The Labute approximate surface area is 112 Å². The van der Waals surface area contributed by atoms with Gasteiger partial charge in [-0.05, 0) is 31.8 Å². The Morgan fingerprint density at radius 3 is 2.53 bits per heavy atom. The summed E-state index contributed by atoms with van der Waals surface area (Å²) in [4.78, 5) is 34.8. The number of Topliss-reactive ketones (excluding diaryl/α,β-unsaturated/α-hetero) is 1. The maximum Gasteiger partial charge on any atom is 0.319 e. The molecular weight excluding hydrogens is 248 g/mol. The minimum atomic E-state index is -1.12. The molecule has 1 rings (SSSR count). The van der Waals surface area contributed by atoms with E-state index < -0.39 is 17.4 Å². The number of ketones is 1. The van der Waals surface area contributed by atoms with Crippen molar-refractivity contribution in [2.24, 2.45) is 5.41 Å². The molecule has 5 nitrogen and oxygen atoms in total. The average molecular weight is 268 g/mol. The largest absolute Gasteiger partial charge is 0.465 e. The van der Waals surface area contributed by atoms with Crippen molar-refractivity contribution in [1.82, 2.24) is 0 Å². The third-order valence-corrected chi connectivity index (χ3v) is 3.24. The van der Waals surface area contributed by atoms with Crippen LogP contribution in [0, 0.1) is 5.41 Å². The number of carbonyl (C=O) groups is 3. The lowest BCUT2D eigenvalue weighted by atomic mass is 9.79. The minimum Gasteiger partial charge on any atom is -0.465 e. The molecule has 0 aromatic rings. The average Bonchev–Trinajstić information content (AvgIpc) is 2.70. The van der Waals surface area contributed by atoms with Crippen molar-refractivity contribution in [2.75, 3.05) is 13.2 Å². The fraction of sp³-hybridized carbons (Fsp3) is 0.643. The highest BCUT2D eigenvalue weighted by molar-refractivity contribution is 6.05. The van der Waals surface area contributed by atoms with E-state index in [1.54, 1.807) is 6.92 Å². The molecule has 0 aromatic heterocycles. The van der Waals surface area contributed by atoms with E-state index in [1.165, 1.54) is 6.92 Å². The number of hydrogen-bond acceptors (Lipinski definition) is 5. The van der Waals surface area contributed by atoms with Gasteiger partial charge in [-0.3, -0.25) is 14.4 Å². The molecule has 0 bridgehead atoms. The van der Waals surface area contributed by atoms with E-state index in [0.29, 0.717) is 24.8 Å². The van der Waals surface area contributed by atoms with Crippen LogP contribution in [0.2, 0.25) is 0 Å². The fourth-order valence-electron chi connectivity index (χ4n) is 2.36. The lowest BCUT2D eigenvalue weighted by Gasteiger charge is -2.25. The lowest BCUT2D eigenvalue weighted by molar-refractivity contribution is -0.158. The highest BCUT2D eigenvalue weighted by Crippen LogP contribution is 2.41. The Bertz CT molecular complexity index is 399. The maximum atomic E-state index is 12.1. The van der Waals surface area contributed by atoms with Gasteiger partial charge in [0.25, 0.3) is 0 Å². The second-order valence-electron chi connectivity index (χ2n) is 4.79. The van der Waals surface area contributed by atoms with Crippen molar-refractivity contribution >= 4 is 17.7 Å². The Kier molecular flexibility index (Phi) is 5.27. The van der Waals surface area contributed by atoms with Crippen LogP contribution in [-0.2, 0) is 23.9 Å². The maximum absolute atomic E-state index is 12.1. The molecule has 1 aliphatic carbocycles. The normalized spacial score (nSPS) is 22.1. The van der Waals surface area contributed by atoms with E-state index in [4.69, 9.17) is 9.47 Å². The van der Waals surface area contributed by atoms with Gasteiger partial charge in [0.05, 0.1) is 6.61 Å². The molecule has 1 fully saturated rings. The van der Waals surface area contributed by atoms with E-state index >= 15 is 0 Å². The first-order chi connectivity index (χ1) is 8.92. The monoisotopic (exact) mass is 268 g/mol. The zero-order valence-electron chi connectivity index (χ0n) is 11.5. The smallest absolute Gasteiger partial charge is 0.319 e. The van der Waals surface area contributed by atoms with Crippen molar-refractivity contribution < 1.29 is 23.9 Å². The van der Waals surface area contributed by atoms with E-state index in [-0.39, 0.29) is 25.4 Å². The molecule has 1 unspecified atom stereocenters. The van der Waals surface area contributed by atoms with E-state index in [9.17, 15) is 14.4 Å². The topological polar surface area (TPSA) is 69.7 Å².